The van der Waals surface area contributed by atoms with Gasteiger partial charge in [-0.15, -0.1) is 11.3 Å². The molecule has 17 heavy (non-hydrogen) atoms. The van der Waals surface area contributed by atoms with Crippen LogP contribution in [-0.4, -0.2) is 12.5 Å². The summed E-state index contributed by atoms with van der Waals surface area (Å²) in [6.07, 6.45) is 0. The maximum atomic E-state index is 11.5. The first-order chi connectivity index (χ1) is 8.24. The molecular formula is C13H13NO2S. The fourth-order valence-corrected chi connectivity index (χ4v) is 2.64. The van der Waals surface area contributed by atoms with Crippen molar-refractivity contribution in [1.29, 1.82) is 0 Å². The largest absolute Gasteiger partial charge is 0.492 e. The number of thiophene rings is 1. The highest BCUT2D eigenvalue weighted by Crippen LogP contribution is 2.36. The average molecular weight is 247 g/mol. The van der Waals surface area contributed by atoms with Crippen LogP contribution in [0.4, 0.5) is 0 Å². The second-order valence-corrected chi connectivity index (χ2v) is 4.35. The van der Waals surface area contributed by atoms with Crippen LogP contribution in [0.1, 0.15) is 17.3 Å². The molecule has 4 heteroatoms. The van der Waals surface area contributed by atoms with E-state index in [0.29, 0.717) is 17.9 Å². The maximum absolute atomic E-state index is 11.5. The molecule has 2 N–H and O–H groups in total. The third-order valence-corrected chi connectivity index (χ3v) is 3.35. The summed E-state index contributed by atoms with van der Waals surface area (Å²) in [7, 11) is 0. The minimum atomic E-state index is -0.450. The molecule has 1 amide bonds. The van der Waals surface area contributed by atoms with Gasteiger partial charge in [-0.05, 0) is 12.5 Å². The number of hydrogen-bond donors (Lipinski definition) is 1. The van der Waals surface area contributed by atoms with Gasteiger partial charge < -0.3 is 10.5 Å². The van der Waals surface area contributed by atoms with Crippen molar-refractivity contribution in [2.24, 2.45) is 5.73 Å². The fraction of sp³-hybridized carbons (Fsp3) is 0.154. The summed E-state index contributed by atoms with van der Waals surface area (Å²) in [4.78, 5) is 12.4. The van der Waals surface area contributed by atoms with Crippen molar-refractivity contribution in [2.75, 3.05) is 6.61 Å². The molecular weight excluding hydrogens is 234 g/mol. The lowest BCUT2D eigenvalue weighted by atomic mass is 10.1. The van der Waals surface area contributed by atoms with E-state index >= 15 is 0 Å². The van der Waals surface area contributed by atoms with Crippen molar-refractivity contribution in [2.45, 2.75) is 6.92 Å². The lowest BCUT2D eigenvalue weighted by Gasteiger charge is -2.04. The van der Waals surface area contributed by atoms with Crippen molar-refractivity contribution in [3.8, 4) is 16.2 Å². The molecule has 0 saturated carbocycles. The van der Waals surface area contributed by atoms with E-state index in [0.717, 1.165) is 10.4 Å². The fourth-order valence-electron chi connectivity index (χ4n) is 1.64. The molecule has 0 spiro atoms. The minimum Gasteiger partial charge on any atom is -0.492 e. The predicted octanol–water partition coefficient (Wildman–Crippen LogP) is 2.91. The summed E-state index contributed by atoms with van der Waals surface area (Å²) >= 11 is 1.47. The van der Waals surface area contributed by atoms with Crippen molar-refractivity contribution in [3.63, 3.8) is 0 Å². The summed E-state index contributed by atoms with van der Waals surface area (Å²) < 4.78 is 5.41. The van der Waals surface area contributed by atoms with Crippen LogP contribution >= 0.6 is 11.3 Å². The SMILES string of the molecule is CCOc1csc(-c2ccccc2)c1C(N)=O. The highest BCUT2D eigenvalue weighted by Gasteiger charge is 2.18. The van der Waals surface area contributed by atoms with Gasteiger partial charge >= 0.3 is 0 Å². The van der Waals surface area contributed by atoms with Crippen LogP contribution in [0.3, 0.4) is 0 Å². The number of amides is 1. The second-order valence-electron chi connectivity index (χ2n) is 3.47. The van der Waals surface area contributed by atoms with Crippen molar-refractivity contribution in [3.05, 3.63) is 41.3 Å². The number of nitrogens with two attached hydrogens (primary N) is 1. The van der Waals surface area contributed by atoms with Crippen molar-refractivity contribution >= 4 is 17.2 Å². The Morgan fingerprint density at radius 2 is 2.06 bits per heavy atom. The standard InChI is InChI=1S/C13H13NO2S/c1-2-16-10-8-17-12(11(10)13(14)15)9-6-4-3-5-7-9/h3-8H,2H2,1H3,(H2,14,15). The first kappa shape index (κ1) is 11.7. The van der Waals surface area contributed by atoms with E-state index in [1.807, 2.05) is 42.6 Å². The van der Waals surface area contributed by atoms with E-state index in [2.05, 4.69) is 0 Å². The lowest BCUT2D eigenvalue weighted by Crippen LogP contribution is -2.12. The van der Waals surface area contributed by atoms with E-state index in [-0.39, 0.29) is 0 Å². The molecule has 1 heterocycles. The predicted molar refractivity (Wildman–Crippen MR) is 69.4 cm³/mol. The molecule has 0 radical (unpaired) electrons. The zero-order valence-electron chi connectivity index (χ0n) is 9.47. The topological polar surface area (TPSA) is 52.3 Å². The van der Waals surface area contributed by atoms with Crippen LogP contribution < -0.4 is 10.5 Å². The Bertz CT molecular complexity index is 519. The number of benzene rings is 1. The van der Waals surface area contributed by atoms with Gasteiger partial charge in [0.05, 0.1) is 17.0 Å². The van der Waals surface area contributed by atoms with Gasteiger partial charge in [0.25, 0.3) is 5.91 Å². The molecule has 0 aliphatic rings. The Morgan fingerprint density at radius 1 is 1.35 bits per heavy atom. The third-order valence-electron chi connectivity index (χ3n) is 2.34. The normalized spacial score (nSPS) is 10.2. The molecule has 0 fully saturated rings. The number of carbonyl (C=O) groups is 1. The van der Waals surface area contributed by atoms with E-state index in [9.17, 15) is 4.79 Å². The molecule has 0 bridgehead atoms. The van der Waals surface area contributed by atoms with Gasteiger partial charge in [0.2, 0.25) is 0 Å². The molecule has 2 aromatic rings. The number of ether oxygens (including phenoxy) is 1. The summed E-state index contributed by atoms with van der Waals surface area (Å²) in [5.41, 5.74) is 6.87. The highest BCUT2D eigenvalue weighted by molar-refractivity contribution is 7.14. The van der Waals surface area contributed by atoms with Crippen molar-refractivity contribution < 1.29 is 9.53 Å². The summed E-state index contributed by atoms with van der Waals surface area (Å²) in [6, 6.07) is 9.70. The summed E-state index contributed by atoms with van der Waals surface area (Å²) in [5.74, 6) is 0.123. The van der Waals surface area contributed by atoms with Crippen LogP contribution in [-0.2, 0) is 0 Å². The molecule has 0 saturated heterocycles. The zero-order chi connectivity index (χ0) is 12.3. The maximum Gasteiger partial charge on any atom is 0.253 e. The lowest BCUT2D eigenvalue weighted by molar-refractivity contribution is 0.0998. The van der Waals surface area contributed by atoms with Gasteiger partial charge in [-0.25, -0.2) is 0 Å². The molecule has 1 aromatic heterocycles. The molecule has 88 valence electrons. The van der Waals surface area contributed by atoms with E-state index < -0.39 is 5.91 Å². The Balaban J connectivity index is 2.52. The minimum absolute atomic E-state index is 0.450. The van der Waals surface area contributed by atoms with Gasteiger partial charge in [-0.1, -0.05) is 30.3 Å². The number of carbonyl (C=O) groups excluding carboxylic acids is 1. The van der Waals surface area contributed by atoms with Crippen LogP contribution in [0.5, 0.6) is 5.75 Å². The number of rotatable bonds is 4. The van der Waals surface area contributed by atoms with Gasteiger partial charge in [0.15, 0.2) is 0 Å². The van der Waals surface area contributed by atoms with E-state index in [1.165, 1.54) is 11.3 Å². The van der Waals surface area contributed by atoms with E-state index in [4.69, 9.17) is 10.5 Å². The summed E-state index contributed by atoms with van der Waals surface area (Å²) in [5, 5.41) is 1.83. The van der Waals surface area contributed by atoms with Crippen LogP contribution in [0, 0.1) is 0 Å². The smallest absolute Gasteiger partial charge is 0.253 e. The van der Waals surface area contributed by atoms with Crippen molar-refractivity contribution in [1.82, 2.24) is 0 Å². The number of hydrogen-bond acceptors (Lipinski definition) is 3. The molecule has 0 aliphatic heterocycles. The average Bonchev–Trinajstić information content (AvgIpc) is 2.74. The van der Waals surface area contributed by atoms with Gasteiger partial charge in [0.1, 0.15) is 5.75 Å². The Kier molecular flexibility index (Phi) is 3.44. The molecule has 0 atom stereocenters. The Morgan fingerprint density at radius 3 is 2.65 bits per heavy atom. The van der Waals surface area contributed by atoms with Gasteiger partial charge in [-0.2, -0.15) is 0 Å². The van der Waals surface area contributed by atoms with Crippen LogP contribution in [0.2, 0.25) is 0 Å². The van der Waals surface area contributed by atoms with Crippen LogP contribution in [0.15, 0.2) is 35.7 Å². The van der Waals surface area contributed by atoms with E-state index in [1.54, 1.807) is 0 Å². The van der Waals surface area contributed by atoms with Gasteiger partial charge in [-0.3, -0.25) is 4.79 Å². The van der Waals surface area contributed by atoms with Crippen LogP contribution in [0.25, 0.3) is 10.4 Å². The first-order valence-electron chi connectivity index (χ1n) is 5.33. The Hall–Kier alpha value is -1.81. The molecule has 3 nitrogen and oxygen atoms in total. The monoisotopic (exact) mass is 247 g/mol. The molecule has 1 aromatic carbocycles. The molecule has 0 aliphatic carbocycles. The second kappa shape index (κ2) is 5.01. The Labute approximate surface area is 104 Å². The number of primary amides is 1. The highest BCUT2D eigenvalue weighted by atomic mass is 32.1. The third kappa shape index (κ3) is 2.31. The summed E-state index contributed by atoms with van der Waals surface area (Å²) in [6.45, 7) is 2.40. The zero-order valence-corrected chi connectivity index (χ0v) is 10.3. The first-order valence-corrected chi connectivity index (χ1v) is 6.21. The quantitative estimate of drug-likeness (QED) is 0.903. The molecule has 2 rings (SSSR count). The molecule has 0 unspecified atom stereocenters. The van der Waals surface area contributed by atoms with Gasteiger partial charge in [0, 0.05) is 5.38 Å².